The number of nitrogens with one attached hydrogen (secondary N) is 1. The highest BCUT2D eigenvalue weighted by Gasteiger charge is 2.08. The maximum absolute atomic E-state index is 9.25. The molecule has 0 bridgehead atoms. The van der Waals surface area contributed by atoms with Crippen LogP contribution in [-0.4, -0.2) is 17.8 Å². The Balaban J connectivity index is 2.43. The minimum absolute atomic E-state index is 0.209. The van der Waals surface area contributed by atoms with E-state index in [1.807, 2.05) is 0 Å². The summed E-state index contributed by atoms with van der Waals surface area (Å²) in [6.07, 6.45) is 1.02. The van der Waals surface area contributed by atoms with E-state index < -0.39 is 0 Å². The smallest absolute Gasteiger partial charge is 0.0584 e. The van der Waals surface area contributed by atoms with Gasteiger partial charge in [-0.05, 0) is 24.8 Å². The van der Waals surface area contributed by atoms with E-state index in [1.165, 1.54) is 11.1 Å². The van der Waals surface area contributed by atoms with Crippen LogP contribution in [0.4, 0.5) is 0 Å². The number of aliphatic hydroxyl groups is 1. The van der Waals surface area contributed by atoms with E-state index in [0.717, 1.165) is 13.0 Å². The van der Waals surface area contributed by atoms with Crippen molar-refractivity contribution in [3.63, 3.8) is 0 Å². The van der Waals surface area contributed by atoms with Crippen LogP contribution < -0.4 is 5.32 Å². The van der Waals surface area contributed by atoms with Crippen LogP contribution in [0.3, 0.4) is 0 Å². The van der Waals surface area contributed by atoms with Crippen molar-refractivity contribution in [1.82, 2.24) is 5.32 Å². The SMILES string of the molecule is Cc1cccc(CNC(CO)CC(C)C)c1. The van der Waals surface area contributed by atoms with Gasteiger partial charge >= 0.3 is 0 Å². The van der Waals surface area contributed by atoms with E-state index in [2.05, 4.69) is 50.4 Å². The van der Waals surface area contributed by atoms with Crippen LogP contribution in [0.15, 0.2) is 24.3 Å². The first-order chi connectivity index (χ1) is 7.61. The molecule has 2 heteroatoms. The fourth-order valence-corrected chi connectivity index (χ4v) is 1.88. The number of aryl methyl sites for hydroxylation is 1. The van der Waals surface area contributed by atoms with Crippen molar-refractivity contribution in [1.29, 1.82) is 0 Å². The molecule has 1 aromatic carbocycles. The summed E-state index contributed by atoms with van der Waals surface area (Å²) in [4.78, 5) is 0. The summed E-state index contributed by atoms with van der Waals surface area (Å²) in [6.45, 7) is 7.50. The fourth-order valence-electron chi connectivity index (χ4n) is 1.88. The van der Waals surface area contributed by atoms with Crippen molar-refractivity contribution in [2.24, 2.45) is 5.92 Å². The number of hydrogen-bond acceptors (Lipinski definition) is 2. The van der Waals surface area contributed by atoms with Crippen LogP contribution in [0.2, 0.25) is 0 Å². The highest BCUT2D eigenvalue weighted by atomic mass is 16.3. The summed E-state index contributed by atoms with van der Waals surface area (Å²) in [5, 5.41) is 12.6. The maximum Gasteiger partial charge on any atom is 0.0584 e. The Bertz CT molecular complexity index is 309. The zero-order valence-electron chi connectivity index (χ0n) is 10.5. The molecule has 1 atom stereocenters. The maximum atomic E-state index is 9.25. The van der Waals surface area contributed by atoms with Gasteiger partial charge in [0.1, 0.15) is 0 Å². The standard InChI is InChI=1S/C14H23NO/c1-11(2)7-14(10-16)15-9-13-6-4-5-12(3)8-13/h4-6,8,11,14-16H,7,9-10H2,1-3H3. The summed E-state index contributed by atoms with van der Waals surface area (Å²) < 4.78 is 0. The largest absolute Gasteiger partial charge is 0.395 e. The van der Waals surface area contributed by atoms with Crippen LogP contribution in [0.5, 0.6) is 0 Å². The molecular formula is C14H23NO. The predicted octanol–water partition coefficient (Wildman–Crippen LogP) is 2.49. The third-order valence-corrected chi connectivity index (χ3v) is 2.65. The van der Waals surface area contributed by atoms with Gasteiger partial charge < -0.3 is 10.4 Å². The highest BCUT2D eigenvalue weighted by Crippen LogP contribution is 2.07. The van der Waals surface area contributed by atoms with Crippen molar-refractivity contribution in [2.45, 2.75) is 39.8 Å². The molecule has 0 radical (unpaired) electrons. The lowest BCUT2D eigenvalue weighted by Crippen LogP contribution is -2.33. The Morgan fingerprint density at radius 3 is 2.62 bits per heavy atom. The molecule has 2 N–H and O–H groups in total. The lowest BCUT2D eigenvalue weighted by molar-refractivity contribution is 0.223. The van der Waals surface area contributed by atoms with Gasteiger partial charge in [0.05, 0.1) is 6.61 Å². The molecule has 0 saturated carbocycles. The van der Waals surface area contributed by atoms with Gasteiger partial charge in [-0.25, -0.2) is 0 Å². The predicted molar refractivity (Wildman–Crippen MR) is 68.3 cm³/mol. The summed E-state index contributed by atoms with van der Waals surface area (Å²) in [5.74, 6) is 0.613. The Labute approximate surface area is 98.7 Å². The number of aliphatic hydroxyl groups excluding tert-OH is 1. The minimum Gasteiger partial charge on any atom is -0.395 e. The molecule has 0 amide bonds. The summed E-state index contributed by atoms with van der Waals surface area (Å²) in [5.41, 5.74) is 2.56. The van der Waals surface area contributed by atoms with Gasteiger partial charge in [0.15, 0.2) is 0 Å². The molecule has 0 saturated heterocycles. The molecule has 90 valence electrons. The lowest BCUT2D eigenvalue weighted by Gasteiger charge is -2.18. The van der Waals surface area contributed by atoms with E-state index in [4.69, 9.17) is 0 Å². The second kappa shape index (κ2) is 6.66. The van der Waals surface area contributed by atoms with E-state index in [-0.39, 0.29) is 12.6 Å². The van der Waals surface area contributed by atoms with Gasteiger partial charge in [-0.15, -0.1) is 0 Å². The molecule has 0 fully saturated rings. The fraction of sp³-hybridized carbons (Fsp3) is 0.571. The van der Waals surface area contributed by atoms with Gasteiger partial charge in [-0.2, -0.15) is 0 Å². The first-order valence-electron chi connectivity index (χ1n) is 6.01. The molecule has 16 heavy (non-hydrogen) atoms. The Morgan fingerprint density at radius 2 is 2.06 bits per heavy atom. The summed E-state index contributed by atoms with van der Waals surface area (Å²) in [6, 6.07) is 8.67. The van der Waals surface area contributed by atoms with Crippen LogP contribution in [0.1, 0.15) is 31.4 Å². The molecule has 0 heterocycles. The average molecular weight is 221 g/mol. The van der Waals surface area contributed by atoms with Gasteiger partial charge in [-0.1, -0.05) is 43.7 Å². The summed E-state index contributed by atoms with van der Waals surface area (Å²) >= 11 is 0. The highest BCUT2D eigenvalue weighted by molar-refractivity contribution is 5.21. The molecule has 0 aromatic heterocycles. The molecule has 0 aliphatic carbocycles. The molecule has 1 unspecified atom stereocenters. The Kier molecular flexibility index (Phi) is 5.50. The van der Waals surface area contributed by atoms with E-state index >= 15 is 0 Å². The van der Waals surface area contributed by atoms with E-state index in [9.17, 15) is 5.11 Å². The molecule has 0 aliphatic rings. The van der Waals surface area contributed by atoms with Gasteiger partial charge in [0, 0.05) is 12.6 Å². The molecule has 1 rings (SSSR count). The van der Waals surface area contributed by atoms with Crippen molar-refractivity contribution >= 4 is 0 Å². The third kappa shape index (κ3) is 4.77. The number of rotatable bonds is 6. The second-order valence-electron chi connectivity index (χ2n) is 4.88. The van der Waals surface area contributed by atoms with Crippen LogP contribution in [-0.2, 0) is 6.54 Å². The van der Waals surface area contributed by atoms with E-state index in [1.54, 1.807) is 0 Å². The molecule has 0 aliphatic heterocycles. The zero-order chi connectivity index (χ0) is 12.0. The van der Waals surface area contributed by atoms with Crippen molar-refractivity contribution in [3.8, 4) is 0 Å². The average Bonchev–Trinajstić information content (AvgIpc) is 2.24. The molecular weight excluding hydrogens is 198 g/mol. The monoisotopic (exact) mass is 221 g/mol. The normalized spacial score (nSPS) is 13.1. The number of hydrogen-bond donors (Lipinski definition) is 2. The lowest BCUT2D eigenvalue weighted by atomic mass is 10.0. The Hall–Kier alpha value is -0.860. The van der Waals surface area contributed by atoms with Gasteiger partial charge in [-0.3, -0.25) is 0 Å². The third-order valence-electron chi connectivity index (χ3n) is 2.65. The van der Waals surface area contributed by atoms with Crippen LogP contribution >= 0.6 is 0 Å². The van der Waals surface area contributed by atoms with E-state index in [0.29, 0.717) is 5.92 Å². The molecule has 1 aromatic rings. The van der Waals surface area contributed by atoms with Crippen LogP contribution in [0.25, 0.3) is 0 Å². The van der Waals surface area contributed by atoms with Crippen molar-refractivity contribution < 1.29 is 5.11 Å². The zero-order valence-corrected chi connectivity index (χ0v) is 10.5. The minimum atomic E-state index is 0.209. The Morgan fingerprint density at radius 1 is 1.31 bits per heavy atom. The topological polar surface area (TPSA) is 32.3 Å². The van der Waals surface area contributed by atoms with Crippen molar-refractivity contribution in [2.75, 3.05) is 6.61 Å². The number of benzene rings is 1. The summed E-state index contributed by atoms with van der Waals surface area (Å²) in [7, 11) is 0. The van der Waals surface area contributed by atoms with Crippen LogP contribution in [0, 0.1) is 12.8 Å². The second-order valence-corrected chi connectivity index (χ2v) is 4.88. The van der Waals surface area contributed by atoms with Gasteiger partial charge in [0.2, 0.25) is 0 Å². The van der Waals surface area contributed by atoms with Gasteiger partial charge in [0.25, 0.3) is 0 Å². The molecule has 2 nitrogen and oxygen atoms in total. The molecule has 0 spiro atoms. The first kappa shape index (κ1) is 13.2. The van der Waals surface area contributed by atoms with Crippen molar-refractivity contribution in [3.05, 3.63) is 35.4 Å². The first-order valence-corrected chi connectivity index (χ1v) is 6.01. The quantitative estimate of drug-likeness (QED) is 0.773.